The van der Waals surface area contributed by atoms with Crippen molar-refractivity contribution in [3.8, 4) is 11.5 Å². The molecule has 31 heavy (non-hydrogen) atoms. The van der Waals surface area contributed by atoms with Crippen molar-refractivity contribution >= 4 is 0 Å². The molecule has 0 aromatic heterocycles. The van der Waals surface area contributed by atoms with Crippen LogP contribution < -0.4 is 4.74 Å². The lowest BCUT2D eigenvalue weighted by Crippen LogP contribution is -2.70. The highest BCUT2D eigenvalue weighted by molar-refractivity contribution is 5.38. The predicted molar refractivity (Wildman–Crippen MR) is 78.4 cm³/mol. The molecule has 0 atom stereocenters. The summed E-state index contributed by atoms with van der Waals surface area (Å²) in [5.41, 5.74) is -1.10. The van der Waals surface area contributed by atoms with E-state index in [2.05, 4.69) is 0 Å². The summed E-state index contributed by atoms with van der Waals surface area (Å²) in [7, 11) is 0. The standard InChI is InChI=1S/C16H13F13O2/c1-7(2)31-10-4-8(3-9(30)5-10)6-11(17,18)12(19,20)13(21,22)14(23,24)15(25,26)16(27,28)29/h3-5,7,30H,6H2,1-2H3. The summed E-state index contributed by atoms with van der Waals surface area (Å²) in [6, 6.07) is 1.62. The van der Waals surface area contributed by atoms with Crippen LogP contribution in [0.5, 0.6) is 11.5 Å². The van der Waals surface area contributed by atoms with Crippen LogP contribution in [-0.4, -0.2) is 47.0 Å². The molecule has 0 aliphatic heterocycles. The molecular weight excluding hydrogens is 471 g/mol. The summed E-state index contributed by atoms with van der Waals surface area (Å²) < 4.78 is 175. The fourth-order valence-corrected chi connectivity index (χ4v) is 2.26. The van der Waals surface area contributed by atoms with Crippen LogP contribution in [-0.2, 0) is 6.42 Å². The van der Waals surface area contributed by atoms with Gasteiger partial charge in [0, 0.05) is 12.5 Å². The maximum atomic E-state index is 13.9. The first-order valence-corrected chi connectivity index (χ1v) is 7.96. The Morgan fingerprint density at radius 1 is 0.710 bits per heavy atom. The summed E-state index contributed by atoms with van der Waals surface area (Å²) >= 11 is 0. The average Bonchev–Trinajstić information content (AvgIpc) is 2.51. The van der Waals surface area contributed by atoms with Crippen LogP contribution in [0.2, 0.25) is 0 Å². The third-order valence-electron chi connectivity index (χ3n) is 3.75. The zero-order valence-corrected chi connectivity index (χ0v) is 15.3. The summed E-state index contributed by atoms with van der Waals surface area (Å²) in [4.78, 5) is 0. The van der Waals surface area contributed by atoms with Crippen LogP contribution >= 0.6 is 0 Å². The van der Waals surface area contributed by atoms with E-state index >= 15 is 0 Å². The lowest BCUT2D eigenvalue weighted by Gasteiger charge is -2.39. The van der Waals surface area contributed by atoms with Gasteiger partial charge in [-0.1, -0.05) is 0 Å². The minimum Gasteiger partial charge on any atom is -0.508 e. The third-order valence-corrected chi connectivity index (χ3v) is 3.75. The van der Waals surface area contributed by atoms with E-state index in [-0.39, 0.29) is 0 Å². The molecular formula is C16H13F13O2. The monoisotopic (exact) mass is 484 g/mol. The molecule has 0 bridgehead atoms. The summed E-state index contributed by atoms with van der Waals surface area (Å²) in [5.74, 6) is -38.6. The second kappa shape index (κ2) is 7.80. The molecule has 15 heteroatoms. The van der Waals surface area contributed by atoms with E-state index < -0.39 is 65.4 Å². The number of halogens is 13. The molecule has 0 unspecified atom stereocenters. The zero-order chi connectivity index (χ0) is 24.8. The first-order valence-electron chi connectivity index (χ1n) is 7.96. The van der Waals surface area contributed by atoms with E-state index in [1.54, 1.807) is 0 Å². The van der Waals surface area contributed by atoms with Crippen molar-refractivity contribution in [2.75, 3.05) is 0 Å². The Bertz CT molecular complexity index is 784. The Balaban J connectivity index is 3.43. The highest BCUT2D eigenvalue weighted by atomic mass is 19.4. The average molecular weight is 484 g/mol. The molecule has 0 saturated heterocycles. The maximum absolute atomic E-state index is 13.9. The third kappa shape index (κ3) is 4.59. The highest BCUT2D eigenvalue weighted by Gasteiger charge is 2.90. The van der Waals surface area contributed by atoms with Gasteiger partial charge in [0.2, 0.25) is 0 Å². The van der Waals surface area contributed by atoms with Crippen molar-refractivity contribution in [3.05, 3.63) is 23.8 Å². The van der Waals surface area contributed by atoms with Gasteiger partial charge in [-0.3, -0.25) is 0 Å². The second-order valence-corrected chi connectivity index (χ2v) is 6.68. The molecule has 0 aliphatic rings. The van der Waals surface area contributed by atoms with Crippen molar-refractivity contribution in [2.45, 2.75) is 62.2 Å². The Labute approximate surface area is 165 Å². The SMILES string of the molecule is CC(C)Oc1cc(O)cc(CC(F)(F)C(F)(F)C(F)(F)C(F)(F)C(F)(F)C(F)(F)F)c1. The molecule has 1 aromatic rings. The minimum atomic E-state index is -7.95. The number of hydrogen-bond acceptors (Lipinski definition) is 2. The van der Waals surface area contributed by atoms with Crippen LogP contribution in [0.15, 0.2) is 18.2 Å². The van der Waals surface area contributed by atoms with Crippen molar-refractivity contribution < 1.29 is 66.9 Å². The molecule has 0 aliphatic carbocycles. The van der Waals surface area contributed by atoms with Crippen LogP contribution in [0.4, 0.5) is 57.1 Å². The van der Waals surface area contributed by atoms with Gasteiger partial charge in [-0.25, -0.2) is 0 Å². The molecule has 2 nitrogen and oxygen atoms in total. The highest BCUT2D eigenvalue weighted by Crippen LogP contribution is 2.60. The van der Waals surface area contributed by atoms with Crippen molar-refractivity contribution in [1.29, 1.82) is 0 Å². The molecule has 1 aromatic carbocycles. The zero-order valence-electron chi connectivity index (χ0n) is 15.3. The van der Waals surface area contributed by atoms with Gasteiger partial charge in [0.1, 0.15) is 11.5 Å². The number of ether oxygens (including phenoxy) is 1. The van der Waals surface area contributed by atoms with Crippen molar-refractivity contribution in [3.63, 3.8) is 0 Å². The molecule has 0 spiro atoms. The number of hydrogen-bond donors (Lipinski definition) is 1. The number of aromatic hydroxyl groups is 1. The normalized spacial score (nSPS) is 14.8. The predicted octanol–water partition coefficient (Wildman–Crippen LogP) is 6.46. The Morgan fingerprint density at radius 2 is 1.16 bits per heavy atom. The Hall–Kier alpha value is -2.09. The first-order chi connectivity index (χ1) is 13.5. The largest absolute Gasteiger partial charge is 0.508 e. The van der Waals surface area contributed by atoms with Crippen LogP contribution in [0, 0.1) is 0 Å². The van der Waals surface area contributed by atoms with Gasteiger partial charge < -0.3 is 9.84 Å². The second-order valence-electron chi connectivity index (χ2n) is 6.68. The first kappa shape index (κ1) is 26.9. The molecule has 0 amide bonds. The van der Waals surface area contributed by atoms with E-state index in [1.165, 1.54) is 13.8 Å². The van der Waals surface area contributed by atoms with Crippen molar-refractivity contribution in [1.82, 2.24) is 0 Å². The van der Waals surface area contributed by atoms with Crippen molar-refractivity contribution in [2.24, 2.45) is 0 Å². The van der Waals surface area contributed by atoms with Gasteiger partial charge >= 0.3 is 35.8 Å². The van der Waals surface area contributed by atoms with Gasteiger partial charge in [-0.05, 0) is 31.5 Å². The molecule has 180 valence electrons. The number of rotatable bonds is 8. The number of phenols is 1. The van der Waals surface area contributed by atoms with E-state index in [0.29, 0.717) is 12.1 Å². The molecule has 0 radical (unpaired) electrons. The topological polar surface area (TPSA) is 29.5 Å². The van der Waals surface area contributed by atoms with Gasteiger partial charge in [0.15, 0.2) is 0 Å². The molecule has 0 heterocycles. The van der Waals surface area contributed by atoms with E-state index in [1.807, 2.05) is 0 Å². The van der Waals surface area contributed by atoms with Crippen LogP contribution in [0.3, 0.4) is 0 Å². The van der Waals surface area contributed by atoms with Crippen LogP contribution in [0.1, 0.15) is 19.4 Å². The van der Waals surface area contributed by atoms with Gasteiger partial charge in [-0.15, -0.1) is 0 Å². The fraction of sp³-hybridized carbons (Fsp3) is 0.625. The fourth-order valence-electron chi connectivity index (χ4n) is 2.26. The summed E-state index contributed by atoms with van der Waals surface area (Å²) in [6.45, 7) is 2.80. The Kier molecular flexibility index (Phi) is 6.78. The Morgan fingerprint density at radius 3 is 1.58 bits per heavy atom. The maximum Gasteiger partial charge on any atom is 0.460 e. The summed E-state index contributed by atoms with van der Waals surface area (Å²) in [5, 5.41) is 9.39. The number of phenolic OH excluding ortho intramolecular Hbond substituents is 1. The lowest BCUT2D eigenvalue weighted by atomic mass is 9.91. The molecule has 1 N–H and O–H groups in total. The number of benzene rings is 1. The summed E-state index contributed by atoms with van der Waals surface area (Å²) in [6.07, 6.45) is -10.7. The lowest BCUT2D eigenvalue weighted by molar-refractivity contribution is -0.439. The molecule has 0 fully saturated rings. The van der Waals surface area contributed by atoms with E-state index in [0.717, 1.165) is 6.07 Å². The quantitative estimate of drug-likeness (QED) is 0.430. The van der Waals surface area contributed by atoms with E-state index in [9.17, 15) is 62.2 Å². The van der Waals surface area contributed by atoms with Gasteiger partial charge in [0.05, 0.1) is 6.10 Å². The smallest absolute Gasteiger partial charge is 0.460 e. The van der Waals surface area contributed by atoms with Gasteiger partial charge in [0.25, 0.3) is 0 Å². The van der Waals surface area contributed by atoms with Crippen LogP contribution in [0.25, 0.3) is 0 Å². The minimum absolute atomic E-state index is 0.317. The van der Waals surface area contributed by atoms with Gasteiger partial charge in [-0.2, -0.15) is 57.1 Å². The number of alkyl halides is 13. The molecule has 1 rings (SSSR count). The molecule has 0 saturated carbocycles. The van der Waals surface area contributed by atoms with E-state index in [4.69, 9.17) is 4.74 Å².